The smallest absolute Gasteiger partial charge is 0.389 e. The number of hydrogen-bond acceptors (Lipinski definition) is 3. The topological polar surface area (TPSA) is 60.4 Å². The van der Waals surface area contributed by atoms with Gasteiger partial charge in [0.15, 0.2) is 0 Å². The summed E-state index contributed by atoms with van der Waals surface area (Å²) in [6.07, 6.45) is -2.42. The zero-order valence-corrected chi connectivity index (χ0v) is 13.3. The number of benzene rings is 1. The minimum Gasteiger partial charge on any atom is -0.399 e. The fourth-order valence-corrected chi connectivity index (χ4v) is 2.65. The van der Waals surface area contributed by atoms with Crippen LogP contribution in [0.2, 0.25) is 0 Å². The van der Waals surface area contributed by atoms with Gasteiger partial charge in [-0.25, -0.2) is 4.98 Å². The number of hydrogen-bond donors (Lipinski definition) is 1. The number of ketones is 1. The number of alkyl halides is 3. The predicted molar refractivity (Wildman–Crippen MR) is 89.0 cm³/mol. The first kappa shape index (κ1) is 17.0. The Balaban J connectivity index is 1.80. The highest BCUT2D eigenvalue weighted by Gasteiger charge is 2.27. The van der Waals surface area contributed by atoms with Gasteiger partial charge < -0.3 is 5.73 Å². The third-order valence-corrected chi connectivity index (χ3v) is 3.85. The molecule has 0 saturated carbocycles. The van der Waals surface area contributed by atoms with Crippen molar-refractivity contribution in [3.8, 4) is 11.3 Å². The molecule has 4 nitrogen and oxygen atoms in total. The van der Waals surface area contributed by atoms with E-state index in [0.717, 1.165) is 11.3 Å². The highest BCUT2D eigenvalue weighted by atomic mass is 19.4. The SMILES string of the molecule is Nc1ccn2c(-c3cccc(CC(=O)CCC(F)(F)F)c3)cnc2c1. The van der Waals surface area contributed by atoms with Gasteiger partial charge >= 0.3 is 6.18 Å². The minimum atomic E-state index is -4.31. The number of nitrogens with zero attached hydrogens (tertiary/aromatic N) is 2. The molecular formula is C18H16F3N3O. The summed E-state index contributed by atoms with van der Waals surface area (Å²) in [6, 6.07) is 10.7. The number of carbonyl (C=O) groups excluding carboxylic acids is 1. The van der Waals surface area contributed by atoms with Gasteiger partial charge in [0.2, 0.25) is 0 Å². The molecule has 2 heterocycles. The van der Waals surface area contributed by atoms with Gasteiger partial charge in [-0.15, -0.1) is 0 Å². The van der Waals surface area contributed by atoms with E-state index in [0.29, 0.717) is 16.9 Å². The van der Waals surface area contributed by atoms with Crippen molar-refractivity contribution in [3.05, 3.63) is 54.4 Å². The van der Waals surface area contributed by atoms with Crippen LogP contribution >= 0.6 is 0 Å². The first-order chi connectivity index (χ1) is 11.8. The van der Waals surface area contributed by atoms with Crippen LogP contribution in [0.25, 0.3) is 16.9 Å². The lowest BCUT2D eigenvalue weighted by molar-refractivity contribution is -0.143. The molecule has 25 heavy (non-hydrogen) atoms. The van der Waals surface area contributed by atoms with Crippen LogP contribution in [-0.2, 0) is 11.2 Å². The maximum Gasteiger partial charge on any atom is 0.389 e. The molecule has 0 bridgehead atoms. The van der Waals surface area contributed by atoms with Crippen LogP contribution in [0.15, 0.2) is 48.8 Å². The van der Waals surface area contributed by atoms with Gasteiger partial charge in [-0.3, -0.25) is 9.20 Å². The van der Waals surface area contributed by atoms with Crippen LogP contribution in [-0.4, -0.2) is 21.3 Å². The number of fused-ring (bicyclic) bond motifs is 1. The maximum atomic E-state index is 12.2. The Bertz CT molecular complexity index is 915. The van der Waals surface area contributed by atoms with Crippen LogP contribution in [0.1, 0.15) is 18.4 Å². The summed E-state index contributed by atoms with van der Waals surface area (Å²) >= 11 is 0. The van der Waals surface area contributed by atoms with Crippen molar-refractivity contribution in [2.45, 2.75) is 25.4 Å². The molecule has 2 N–H and O–H groups in total. The largest absolute Gasteiger partial charge is 0.399 e. The van der Waals surface area contributed by atoms with Gasteiger partial charge in [-0.1, -0.05) is 18.2 Å². The molecule has 0 atom stereocenters. The zero-order chi connectivity index (χ0) is 18.0. The summed E-state index contributed by atoms with van der Waals surface area (Å²) in [5, 5.41) is 0. The Morgan fingerprint density at radius 3 is 2.76 bits per heavy atom. The quantitative estimate of drug-likeness (QED) is 0.758. The molecule has 130 valence electrons. The average Bonchev–Trinajstić information content (AvgIpc) is 2.95. The Hall–Kier alpha value is -2.83. The number of nitrogens with two attached hydrogens (primary N) is 1. The standard InChI is InChI=1S/C18H16F3N3O/c19-18(20,21)6-4-15(25)9-12-2-1-3-13(8-12)16-11-23-17-10-14(22)5-7-24(16)17/h1-3,5,7-8,10-11H,4,6,9,22H2. The van der Waals surface area contributed by atoms with E-state index >= 15 is 0 Å². The summed E-state index contributed by atoms with van der Waals surface area (Å²) in [7, 11) is 0. The lowest BCUT2D eigenvalue weighted by Gasteiger charge is -2.07. The Morgan fingerprint density at radius 1 is 1.20 bits per heavy atom. The van der Waals surface area contributed by atoms with Crippen LogP contribution in [0.3, 0.4) is 0 Å². The second kappa shape index (κ2) is 6.58. The Labute approximate surface area is 142 Å². The van der Waals surface area contributed by atoms with Gasteiger partial charge in [0.05, 0.1) is 18.3 Å². The molecule has 0 amide bonds. The molecule has 0 fully saturated rings. The van der Waals surface area contributed by atoms with Crippen molar-refractivity contribution in [2.24, 2.45) is 0 Å². The van der Waals surface area contributed by atoms with Crippen molar-refractivity contribution in [2.75, 3.05) is 5.73 Å². The van der Waals surface area contributed by atoms with Crippen LogP contribution in [0, 0.1) is 0 Å². The normalized spacial score (nSPS) is 11.8. The second-order valence-electron chi connectivity index (χ2n) is 5.86. The molecule has 0 aliphatic heterocycles. The van der Waals surface area contributed by atoms with E-state index in [-0.39, 0.29) is 6.42 Å². The van der Waals surface area contributed by atoms with Crippen molar-refractivity contribution in [1.29, 1.82) is 0 Å². The van der Waals surface area contributed by atoms with Gasteiger partial charge in [0, 0.05) is 36.4 Å². The summed E-state index contributed by atoms with van der Waals surface area (Å²) < 4.78 is 38.5. The van der Waals surface area contributed by atoms with E-state index < -0.39 is 24.8 Å². The fraction of sp³-hybridized carbons (Fsp3) is 0.222. The number of rotatable bonds is 5. The number of aromatic nitrogens is 2. The number of carbonyl (C=O) groups is 1. The molecule has 0 unspecified atom stereocenters. The van der Waals surface area contributed by atoms with E-state index in [2.05, 4.69) is 4.98 Å². The molecule has 1 aromatic carbocycles. The van der Waals surface area contributed by atoms with Gasteiger partial charge in [-0.2, -0.15) is 13.2 Å². The molecule has 0 aliphatic carbocycles. The third-order valence-electron chi connectivity index (χ3n) is 3.85. The summed E-state index contributed by atoms with van der Waals surface area (Å²) in [5.41, 5.74) is 9.37. The van der Waals surface area contributed by atoms with Gasteiger partial charge in [-0.05, 0) is 17.7 Å². The number of pyridine rings is 1. The minimum absolute atomic E-state index is 0.0202. The first-order valence-electron chi connectivity index (χ1n) is 7.72. The predicted octanol–water partition coefficient (Wildman–Crippen LogP) is 4.04. The first-order valence-corrected chi connectivity index (χ1v) is 7.72. The van der Waals surface area contributed by atoms with E-state index in [1.165, 1.54) is 0 Å². The average molecular weight is 347 g/mol. The van der Waals surface area contributed by atoms with Gasteiger partial charge in [0.1, 0.15) is 11.4 Å². The monoisotopic (exact) mass is 347 g/mol. The van der Waals surface area contributed by atoms with Crippen molar-refractivity contribution in [1.82, 2.24) is 9.38 Å². The van der Waals surface area contributed by atoms with E-state index in [9.17, 15) is 18.0 Å². The third kappa shape index (κ3) is 4.17. The van der Waals surface area contributed by atoms with Crippen LogP contribution in [0.4, 0.5) is 18.9 Å². The van der Waals surface area contributed by atoms with Crippen molar-refractivity contribution in [3.63, 3.8) is 0 Å². The second-order valence-corrected chi connectivity index (χ2v) is 5.86. The highest BCUT2D eigenvalue weighted by molar-refractivity contribution is 5.81. The highest BCUT2D eigenvalue weighted by Crippen LogP contribution is 2.24. The molecule has 0 aliphatic rings. The number of halogens is 3. The molecule has 0 spiro atoms. The molecule has 3 rings (SSSR count). The molecule has 2 aromatic heterocycles. The molecule has 3 aromatic rings. The molecule has 0 radical (unpaired) electrons. The Morgan fingerprint density at radius 2 is 2.00 bits per heavy atom. The Kier molecular flexibility index (Phi) is 4.48. The fourth-order valence-electron chi connectivity index (χ4n) is 2.65. The molecular weight excluding hydrogens is 331 g/mol. The molecule has 7 heteroatoms. The van der Waals surface area contributed by atoms with Crippen LogP contribution in [0.5, 0.6) is 0 Å². The van der Waals surface area contributed by atoms with E-state index in [1.54, 1.807) is 42.7 Å². The number of imidazole rings is 1. The zero-order valence-electron chi connectivity index (χ0n) is 13.3. The van der Waals surface area contributed by atoms with Gasteiger partial charge in [0.25, 0.3) is 0 Å². The number of anilines is 1. The van der Waals surface area contributed by atoms with Crippen molar-refractivity contribution < 1.29 is 18.0 Å². The summed E-state index contributed by atoms with van der Waals surface area (Å²) in [5.74, 6) is -0.430. The summed E-state index contributed by atoms with van der Waals surface area (Å²) in [6.45, 7) is 0. The van der Waals surface area contributed by atoms with E-state index in [1.807, 2.05) is 10.5 Å². The number of nitrogen functional groups attached to an aromatic ring is 1. The van der Waals surface area contributed by atoms with Crippen LogP contribution < -0.4 is 5.73 Å². The lowest BCUT2D eigenvalue weighted by Crippen LogP contribution is -2.12. The molecule has 0 saturated heterocycles. The number of Topliss-reactive ketones (excluding diaryl/α,β-unsaturated/α-hetero) is 1. The maximum absolute atomic E-state index is 12.2. The van der Waals surface area contributed by atoms with E-state index in [4.69, 9.17) is 5.73 Å². The lowest BCUT2D eigenvalue weighted by atomic mass is 10.0. The van der Waals surface area contributed by atoms with Crippen molar-refractivity contribution >= 4 is 17.1 Å². The summed E-state index contributed by atoms with van der Waals surface area (Å²) in [4.78, 5) is 16.1.